The fraction of sp³-hybridized carbons (Fsp3) is 0.529. The van der Waals surface area contributed by atoms with Gasteiger partial charge < -0.3 is 15.0 Å². The molecule has 0 unspecified atom stereocenters. The summed E-state index contributed by atoms with van der Waals surface area (Å²) in [6, 6.07) is 3.96. The topological polar surface area (TPSA) is 70.2 Å². The molecule has 0 bridgehead atoms. The fourth-order valence-corrected chi connectivity index (χ4v) is 2.94. The Bertz CT molecular complexity index is 683. The summed E-state index contributed by atoms with van der Waals surface area (Å²) in [6.07, 6.45) is 5.09. The predicted molar refractivity (Wildman–Crippen MR) is 90.7 cm³/mol. The van der Waals surface area contributed by atoms with Crippen LogP contribution in [0, 0.1) is 0 Å². The maximum Gasteiger partial charge on any atom is 0.415 e. The monoisotopic (exact) mass is 316 g/mol. The molecule has 0 atom stereocenters. The molecule has 0 spiro atoms. The minimum absolute atomic E-state index is 0.118. The number of carbonyl (C=O) groups excluding carboxylic acids is 1. The second kappa shape index (κ2) is 6.20. The van der Waals surface area contributed by atoms with Gasteiger partial charge in [0.15, 0.2) is 0 Å². The second-order valence-corrected chi connectivity index (χ2v) is 6.91. The zero-order chi connectivity index (χ0) is 16.4. The third-order valence-electron chi connectivity index (χ3n) is 3.94. The number of carbonyl (C=O) groups is 1. The lowest BCUT2D eigenvalue weighted by molar-refractivity contribution is 0.0560. The van der Waals surface area contributed by atoms with Gasteiger partial charge in [-0.25, -0.2) is 4.79 Å². The standard InChI is InChI=1S/C17H24N4O2/c1-17(2,3)23-16(22)21(12-6-9-18-10-7-12)14-11-20-13-5-4-8-19-15(13)14/h4-5,8,11-12,18,20H,6-7,9-10H2,1-3H3. The van der Waals surface area contributed by atoms with Crippen molar-refractivity contribution in [2.75, 3.05) is 18.0 Å². The highest BCUT2D eigenvalue weighted by Gasteiger charge is 2.32. The molecule has 1 aliphatic rings. The van der Waals surface area contributed by atoms with Crippen molar-refractivity contribution in [3.63, 3.8) is 0 Å². The number of hydrogen-bond acceptors (Lipinski definition) is 4. The lowest BCUT2D eigenvalue weighted by Crippen LogP contribution is -2.48. The number of rotatable bonds is 2. The van der Waals surface area contributed by atoms with Crippen LogP contribution in [-0.4, -0.2) is 40.8 Å². The third-order valence-corrected chi connectivity index (χ3v) is 3.94. The number of piperidine rings is 1. The Hall–Kier alpha value is -2.08. The molecule has 1 fully saturated rings. The van der Waals surface area contributed by atoms with Gasteiger partial charge in [-0.1, -0.05) is 0 Å². The molecule has 1 saturated heterocycles. The summed E-state index contributed by atoms with van der Waals surface area (Å²) in [5, 5.41) is 3.34. The van der Waals surface area contributed by atoms with Gasteiger partial charge >= 0.3 is 6.09 Å². The number of nitrogens with one attached hydrogen (secondary N) is 2. The number of nitrogens with zero attached hydrogens (tertiary/aromatic N) is 2. The van der Waals surface area contributed by atoms with E-state index in [1.807, 2.05) is 39.1 Å². The van der Waals surface area contributed by atoms with Crippen LogP contribution >= 0.6 is 0 Å². The van der Waals surface area contributed by atoms with E-state index in [2.05, 4.69) is 15.3 Å². The zero-order valence-corrected chi connectivity index (χ0v) is 13.9. The van der Waals surface area contributed by atoms with Crippen LogP contribution in [0.2, 0.25) is 0 Å². The number of anilines is 1. The minimum Gasteiger partial charge on any atom is -0.443 e. The SMILES string of the molecule is CC(C)(C)OC(=O)N(c1c[nH]c2cccnc12)C1CCNCC1. The molecule has 2 aromatic heterocycles. The first-order valence-electron chi connectivity index (χ1n) is 8.11. The molecule has 1 aliphatic heterocycles. The number of hydrogen-bond donors (Lipinski definition) is 2. The third kappa shape index (κ3) is 3.47. The maximum absolute atomic E-state index is 12.8. The summed E-state index contributed by atoms with van der Waals surface area (Å²) in [6.45, 7) is 7.47. The van der Waals surface area contributed by atoms with Gasteiger partial charge in [0.25, 0.3) is 0 Å². The van der Waals surface area contributed by atoms with Crippen molar-refractivity contribution in [3.05, 3.63) is 24.5 Å². The number of ether oxygens (including phenoxy) is 1. The van der Waals surface area contributed by atoms with Gasteiger partial charge in [-0.2, -0.15) is 0 Å². The Morgan fingerprint density at radius 2 is 2.09 bits per heavy atom. The average Bonchev–Trinajstić information content (AvgIpc) is 2.91. The van der Waals surface area contributed by atoms with Crippen LogP contribution in [-0.2, 0) is 4.74 Å². The van der Waals surface area contributed by atoms with Crippen molar-refractivity contribution in [2.45, 2.75) is 45.3 Å². The zero-order valence-electron chi connectivity index (χ0n) is 13.9. The van der Waals surface area contributed by atoms with Crippen molar-refractivity contribution in [2.24, 2.45) is 0 Å². The van der Waals surface area contributed by atoms with Crippen LogP contribution in [0.25, 0.3) is 11.0 Å². The van der Waals surface area contributed by atoms with E-state index in [-0.39, 0.29) is 12.1 Å². The van der Waals surface area contributed by atoms with Gasteiger partial charge in [0, 0.05) is 18.4 Å². The van der Waals surface area contributed by atoms with Crippen molar-refractivity contribution < 1.29 is 9.53 Å². The maximum atomic E-state index is 12.8. The van der Waals surface area contributed by atoms with E-state index in [4.69, 9.17) is 4.74 Å². The van der Waals surface area contributed by atoms with Crippen molar-refractivity contribution in [1.82, 2.24) is 15.3 Å². The lowest BCUT2D eigenvalue weighted by Gasteiger charge is -2.35. The Kier molecular flexibility index (Phi) is 4.26. The van der Waals surface area contributed by atoms with Gasteiger partial charge in [0.1, 0.15) is 11.1 Å². The van der Waals surface area contributed by atoms with E-state index in [0.29, 0.717) is 0 Å². The molecule has 0 aliphatic carbocycles. The average molecular weight is 316 g/mol. The highest BCUT2D eigenvalue weighted by Crippen LogP contribution is 2.30. The highest BCUT2D eigenvalue weighted by atomic mass is 16.6. The molecule has 124 valence electrons. The first kappa shape index (κ1) is 15.8. The minimum atomic E-state index is -0.526. The van der Waals surface area contributed by atoms with E-state index in [0.717, 1.165) is 42.7 Å². The van der Waals surface area contributed by atoms with E-state index in [1.54, 1.807) is 11.1 Å². The van der Waals surface area contributed by atoms with Crippen LogP contribution in [0.4, 0.5) is 10.5 Å². The molecule has 6 heteroatoms. The Morgan fingerprint density at radius 1 is 1.35 bits per heavy atom. The number of aromatic amines is 1. The molecule has 23 heavy (non-hydrogen) atoms. The van der Waals surface area contributed by atoms with E-state index >= 15 is 0 Å². The molecule has 1 amide bonds. The fourth-order valence-electron chi connectivity index (χ4n) is 2.94. The van der Waals surface area contributed by atoms with Gasteiger partial charge in [0.05, 0.1) is 11.2 Å². The van der Waals surface area contributed by atoms with Crippen LogP contribution in [0.5, 0.6) is 0 Å². The number of H-pyrrole nitrogens is 1. The van der Waals surface area contributed by atoms with Crippen LogP contribution < -0.4 is 10.2 Å². The molecule has 0 radical (unpaired) electrons. The number of fused-ring (bicyclic) bond motifs is 1. The van der Waals surface area contributed by atoms with Crippen LogP contribution in [0.3, 0.4) is 0 Å². The van der Waals surface area contributed by atoms with E-state index in [1.165, 1.54) is 0 Å². The van der Waals surface area contributed by atoms with Crippen molar-refractivity contribution in [3.8, 4) is 0 Å². The molecule has 3 rings (SSSR count). The molecule has 0 saturated carbocycles. The van der Waals surface area contributed by atoms with Gasteiger partial charge in [0.2, 0.25) is 0 Å². The molecule has 0 aromatic carbocycles. The van der Waals surface area contributed by atoms with Crippen molar-refractivity contribution in [1.29, 1.82) is 0 Å². The Balaban J connectivity index is 1.98. The molecular formula is C17H24N4O2. The summed E-state index contributed by atoms with van der Waals surface area (Å²) >= 11 is 0. The molecule has 3 heterocycles. The summed E-state index contributed by atoms with van der Waals surface area (Å²) < 4.78 is 5.65. The predicted octanol–water partition coefficient (Wildman–Crippen LogP) is 3.06. The molecular weight excluding hydrogens is 292 g/mol. The summed E-state index contributed by atoms with van der Waals surface area (Å²) in [5.41, 5.74) is 1.99. The highest BCUT2D eigenvalue weighted by molar-refractivity contribution is 5.99. The largest absolute Gasteiger partial charge is 0.443 e. The number of pyridine rings is 1. The number of amides is 1. The van der Waals surface area contributed by atoms with Gasteiger partial charge in [-0.3, -0.25) is 9.88 Å². The lowest BCUT2D eigenvalue weighted by atomic mass is 10.0. The molecule has 6 nitrogen and oxygen atoms in total. The van der Waals surface area contributed by atoms with Crippen LogP contribution in [0.1, 0.15) is 33.6 Å². The number of aromatic nitrogens is 2. The summed E-state index contributed by atoms with van der Waals surface area (Å²) in [7, 11) is 0. The first-order chi connectivity index (χ1) is 11.0. The smallest absolute Gasteiger partial charge is 0.415 e. The second-order valence-electron chi connectivity index (χ2n) is 6.91. The Labute approximate surface area is 136 Å². The normalized spacial score (nSPS) is 16.5. The first-order valence-corrected chi connectivity index (χ1v) is 8.11. The van der Waals surface area contributed by atoms with Gasteiger partial charge in [-0.05, 0) is 58.8 Å². The summed E-state index contributed by atoms with van der Waals surface area (Å²) in [5.74, 6) is 0. The quantitative estimate of drug-likeness (QED) is 0.893. The van der Waals surface area contributed by atoms with E-state index < -0.39 is 5.60 Å². The van der Waals surface area contributed by atoms with Crippen LogP contribution in [0.15, 0.2) is 24.5 Å². The summed E-state index contributed by atoms with van der Waals surface area (Å²) in [4.78, 5) is 22.3. The van der Waals surface area contributed by atoms with Crippen molar-refractivity contribution >= 4 is 22.8 Å². The Morgan fingerprint density at radius 3 is 2.78 bits per heavy atom. The molecule has 2 aromatic rings. The van der Waals surface area contributed by atoms with E-state index in [9.17, 15) is 4.79 Å². The molecule has 2 N–H and O–H groups in total. The van der Waals surface area contributed by atoms with Gasteiger partial charge in [-0.15, -0.1) is 0 Å².